The molecule has 0 aliphatic heterocycles. The van der Waals surface area contributed by atoms with Gasteiger partial charge in [0.05, 0.1) is 0 Å². The number of hydrogen-bond donors (Lipinski definition) is 1. The largest absolute Gasteiger partial charge is 0.481 e. The lowest BCUT2D eigenvalue weighted by atomic mass is 9.83. The highest BCUT2D eigenvalue weighted by molar-refractivity contribution is 5.82. The highest BCUT2D eigenvalue weighted by Gasteiger charge is 2.26. The monoisotopic (exact) mass is 269 g/mol. The zero-order valence-electron chi connectivity index (χ0n) is 12.3. The number of hydrogen-bond acceptors (Lipinski definition) is 2. The van der Waals surface area contributed by atoms with Gasteiger partial charge in [-0.05, 0) is 73.2 Å². The van der Waals surface area contributed by atoms with Crippen LogP contribution in [0.3, 0.4) is 0 Å². The van der Waals surface area contributed by atoms with E-state index in [1.807, 2.05) is 27.7 Å². The highest BCUT2D eigenvalue weighted by Crippen LogP contribution is 2.33. The maximum absolute atomic E-state index is 11.8. The number of carboxylic acid groups (broad SMARTS) is 1. The molecular weight excluding hydrogens is 250 g/mol. The molecule has 104 valence electrons. The maximum Gasteiger partial charge on any atom is 0.315 e. The van der Waals surface area contributed by atoms with Crippen molar-refractivity contribution in [3.63, 3.8) is 0 Å². The average molecular weight is 269 g/mol. The third-order valence-electron chi connectivity index (χ3n) is 4.00. The minimum Gasteiger partial charge on any atom is -0.481 e. The zero-order chi connectivity index (χ0) is 14.9. The molecule has 1 N–H and O–H groups in total. The van der Waals surface area contributed by atoms with E-state index in [0.717, 1.165) is 33.4 Å². The van der Waals surface area contributed by atoms with Gasteiger partial charge in [0.1, 0.15) is 5.92 Å². The molecule has 0 aliphatic rings. The lowest BCUT2D eigenvalue weighted by Crippen LogP contribution is -2.17. The van der Waals surface area contributed by atoms with Gasteiger partial charge in [0.2, 0.25) is 0 Å². The summed E-state index contributed by atoms with van der Waals surface area (Å²) in [4.78, 5) is 15.8. The first-order valence-electron chi connectivity index (χ1n) is 6.63. The first-order valence-corrected chi connectivity index (χ1v) is 6.63. The van der Waals surface area contributed by atoms with Crippen molar-refractivity contribution in [3.05, 3.63) is 64.0 Å². The second-order valence-corrected chi connectivity index (χ2v) is 5.23. The molecule has 0 aliphatic carbocycles. The second kappa shape index (κ2) is 5.45. The first kappa shape index (κ1) is 14.3. The summed E-state index contributed by atoms with van der Waals surface area (Å²) in [5.74, 6) is -1.47. The number of nitrogens with zero attached hydrogens (tertiary/aromatic N) is 1. The summed E-state index contributed by atoms with van der Waals surface area (Å²) in [5.41, 5.74) is 6.03. The van der Waals surface area contributed by atoms with Crippen molar-refractivity contribution in [3.8, 4) is 0 Å². The molecule has 0 radical (unpaired) electrons. The highest BCUT2D eigenvalue weighted by atomic mass is 16.4. The van der Waals surface area contributed by atoms with E-state index in [4.69, 9.17) is 0 Å². The Morgan fingerprint density at radius 2 is 1.55 bits per heavy atom. The van der Waals surface area contributed by atoms with Crippen LogP contribution in [0.25, 0.3) is 0 Å². The Kier molecular flexibility index (Phi) is 3.89. The number of carbonyl (C=O) groups is 1. The molecule has 3 nitrogen and oxygen atoms in total. The topological polar surface area (TPSA) is 50.2 Å². The standard InChI is InChI=1S/C17H19NO2/c1-10-9-11(2)13(4)15(12(10)3)16(17(19)20)14-5-7-18-8-6-14/h5-9,16H,1-4H3,(H,19,20). The van der Waals surface area contributed by atoms with Crippen molar-refractivity contribution in [2.75, 3.05) is 0 Å². The Labute approximate surface area is 119 Å². The van der Waals surface area contributed by atoms with E-state index in [1.54, 1.807) is 24.5 Å². The van der Waals surface area contributed by atoms with Crippen LogP contribution in [0.2, 0.25) is 0 Å². The normalized spacial score (nSPS) is 12.2. The van der Waals surface area contributed by atoms with Crippen LogP contribution in [-0.2, 0) is 4.79 Å². The molecule has 1 heterocycles. The molecule has 3 heteroatoms. The lowest BCUT2D eigenvalue weighted by Gasteiger charge is -2.21. The van der Waals surface area contributed by atoms with E-state index in [0.29, 0.717) is 0 Å². The van der Waals surface area contributed by atoms with Gasteiger partial charge in [-0.15, -0.1) is 0 Å². The molecule has 2 rings (SSSR count). The fourth-order valence-electron chi connectivity index (χ4n) is 2.67. The summed E-state index contributed by atoms with van der Waals surface area (Å²) < 4.78 is 0. The summed E-state index contributed by atoms with van der Waals surface area (Å²) in [5, 5.41) is 9.69. The molecule has 1 atom stereocenters. The van der Waals surface area contributed by atoms with E-state index in [1.165, 1.54) is 0 Å². The Hall–Kier alpha value is -2.16. The summed E-state index contributed by atoms with van der Waals surface area (Å²) in [6.07, 6.45) is 3.27. The summed E-state index contributed by atoms with van der Waals surface area (Å²) in [6.45, 7) is 8.04. The maximum atomic E-state index is 11.8. The number of aliphatic carboxylic acids is 1. The first-order chi connectivity index (χ1) is 9.43. The van der Waals surface area contributed by atoms with Gasteiger partial charge in [-0.25, -0.2) is 0 Å². The lowest BCUT2D eigenvalue weighted by molar-refractivity contribution is -0.137. The van der Waals surface area contributed by atoms with Crippen molar-refractivity contribution in [2.24, 2.45) is 0 Å². The second-order valence-electron chi connectivity index (χ2n) is 5.23. The minimum atomic E-state index is -0.826. The van der Waals surface area contributed by atoms with Crippen LogP contribution < -0.4 is 0 Å². The van der Waals surface area contributed by atoms with Crippen molar-refractivity contribution >= 4 is 5.97 Å². The third-order valence-corrected chi connectivity index (χ3v) is 4.00. The summed E-state index contributed by atoms with van der Waals surface area (Å²) in [7, 11) is 0. The molecule has 0 saturated carbocycles. The number of pyridine rings is 1. The van der Waals surface area contributed by atoms with Crippen molar-refractivity contribution in [1.29, 1.82) is 0 Å². The van der Waals surface area contributed by atoms with Gasteiger partial charge in [0.15, 0.2) is 0 Å². The molecule has 0 bridgehead atoms. The SMILES string of the molecule is Cc1cc(C)c(C)c(C(C(=O)O)c2ccncc2)c1C. The van der Waals surface area contributed by atoms with Crippen molar-refractivity contribution in [1.82, 2.24) is 4.98 Å². The van der Waals surface area contributed by atoms with E-state index < -0.39 is 11.9 Å². The quantitative estimate of drug-likeness (QED) is 0.927. The van der Waals surface area contributed by atoms with Gasteiger partial charge in [0.25, 0.3) is 0 Å². The van der Waals surface area contributed by atoms with Crippen LogP contribution in [0.4, 0.5) is 0 Å². The third kappa shape index (κ3) is 2.44. The molecular formula is C17H19NO2. The number of aryl methyl sites for hydroxylation is 2. The fourth-order valence-corrected chi connectivity index (χ4v) is 2.67. The van der Waals surface area contributed by atoms with Gasteiger partial charge in [-0.1, -0.05) is 6.07 Å². The fraction of sp³-hybridized carbons (Fsp3) is 0.294. The zero-order valence-corrected chi connectivity index (χ0v) is 12.3. The van der Waals surface area contributed by atoms with Crippen LogP contribution in [0.5, 0.6) is 0 Å². The van der Waals surface area contributed by atoms with Crippen molar-refractivity contribution in [2.45, 2.75) is 33.6 Å². The Morgan fingerprint density at radius 3 is 2.00 bits per heavy atom. The molecule has 0 amide bonds. The predicted octanol–water partition coefficient (Wildman–Crippen LogP) is 3.53. The number of aromatic nitrogens is 1. The van der Waals surface area contributed by atoms with Gasteiger partial charge in [-0.2, -0.15) is 0 Å². The Morgan fingerprint density at radius 1 is 1.05 bits per heavy atom. The van der Waals surface area contributed by atoms with E-state index >= 15 is 0 Å². The number of carboxylic acids is 1. The smallest absolute Gasteiger partial charge is 0.315 e. The number of benzene rings is 1. The van der Waals surface area contributed by atoms with Gasteiger partial charge >= 0.3 is 5.97 Å². The predicted molar refractivity (Wildman–Crippen MR) is 79.1 cm³/mol. The Bertz CT molecular complexity index is 622. The van der Waals surface area contributed by atoms with Crippen LogP contribution in [0.1, 0.15) is 39.3 Å². The van der Waals surface area contributed by atoms with E-state index in [-0.39, 0.29) is 0 Å². The molecule has 1 aromatic carbocycles. The number of rotatable bonds is 3. The van der Waals surface area contributed by atoms with Crippen LogP contribution >= 0.6 is 0 Å². The van der Waals surface area contributed by atoms with Crippen molar-refractivity contribution < 1.29 is 9.90 Å². The molecule has 0 spiro atoms. The van der Waals surface area contributed by atoms with Crippen LogP contribution in [0.15, 0.2) is 30.6 Å². The summed E-state index contributed by atoms with van der Waals surface area (Å²) >= 11 is 0. The van der Waals surface area contributed by atoms with Gasteiger partial charge in [-0.3, -0.25) is 9.78 Å². The molecule has 20 heavy (non-hydrogen) atoms. The van der Waals surface area contributed by atoms with Crippen LogP contribution in [0, 0.1) is 27.7 Å². The van der Waals surface area contributed by atoms with Crippen LogP contribution in [-0.4, -0.2) is 16.1 Å². The Balaban J connectivity index is 2.72. The van der Waals surface area contributed by atoms with E-state index in [9.17, 15) is 9.90 Å². The minimum absolute atomic E-state index is 0.642. The summed E-state index contributed by atoms with van der Waals surface area (Å²) in [6, 6.07) is 5.66. The molecule has 2 aromatic rings. The molecule has 1 unspecified atom stereocenters. The average Bonchev–Trinajstić information content (AvgIpc) is 2.42. The van der Waals surface area contributed by atoms with Gasteiger partial charge < -0.3 is 5.11 Å². The molecule has 0 fully saturated rings. The molecule has 1 aromatic heterocycles. The molecule has 0 saturated heterocycles. The van der Waals surface area contributed by atoms with Gasteiger partial charge in [0, 0.05) is 12.4 Å². The van der Waals surface area contributed by atoms with E-state index in [2.05, 4.69) is 11.1 Å².